The third-order valence-corrected chi connectivity index (χ3v) is 4.15. The standard InChI is InChI=1S/C18H14N2O5/c21-16-11-19(18(23)13-4-2-1-3-5-13)17(22)10-15(16)12-6-8-14(9-7-12)20(24)25/h1-9,15H,10-11H2/t15-/m1/s1. The van der Waals surface area contributed by atoms with E-state index in [1.54, 1.807) is 30.3 Å². The van der Waals surface area contributed by atoms with Gasteiger partial charge in [-0.25, -0.2) is 0 Å². The molecular weight excluding hydrogens is 324 g/mol. The van der Waals surface area contributed by atoms with Crippen molar-refractivity contribution in [3.63, 3.8) is 0 Å². The number of piperidine rings is 1. The molecule has 0 radical (unpaired) electrons. The third kappa shape index (κ3) is 3.30. The lowest BCUT2D eigenvalue weighted by molar-refractivity contribution is -0.384. The van der Waals surface area contributed by atoms with Crippen LogP contribution in [0.3, 0.4) is 0 Å². The number of nitro groups is 1. The van der Waals surface area contributed by atoms with E-state index in [1.165, 1.54) is 24.3 Å². The van der Waals surface area contributed by atoms with Crippen molar-refractivity contribution < 1.29 is 19.3 Å². The number of hydrogen-bond donors (Lipinski definition) is 0. The number of nitrogens with zero attached hydrogens (tertiary/aromatic N) is 2. The Labute approximate surface area is 143 Å². The van der Waals surface area contributed by atoms with Crippen molar-refractivity contribution in [3.05, 3.63) is 75.8 Å². The SMILES string of the molecule is O=C1CN(C(=O)c2ccccc2)C(=O)C[C@@H]1c1ccc([N+](=O)[O-])cc1. The number of carbonyl (C=O) groups is 3. The molecule has 1 aliphatic heterocycles. The molecule has 1 saturated heterocycles. The van der Waals surface area contributed by atoms with E-state index in [2.05, 4.69) is 0 Å². The van der Waals surface area contributed by atoms with Crippen molar-refractivity contribution in [2.75, 3.05) is 6.54 Å². The van der Waals surface area contributed by atoms with Gasteiger partial charge in [-0.15, -0.1) is 0 Å². The highest BCUT2D eigenvalue weighted by Gasteiger charge is 2.37. The van der Waals surface area contributed by atoms with Gasteiger partial charge >= 0.3 is 0 Å². The summed E-state index contributed by atoms with van der Waals surface area (Å²) in [6.07, 6.45) is -0.130. The summed E-state index contributed by atoms with van der Waals surface area (Å²) >= 11 is 0. The van der Waals surface area contributed by atoms with Gasteiger partial charge in [0.15, 0.2) is 5.78 Å². The van der Waals surface area contributed by atoms with Gasteiger partial charge in [-0.2, -0.15) is 0 Å². The predicted molar refractivity (Wildman–Crippen MR) is 87.9 cm³/mol. The van der Waals surface area contributed by atoms with E-state index in [0.717, 1.165) is 4.90 Å². The second kappa shape index (κ2) is 6.64. The number of ketones is 1. The van der Waals surface area contributed by atoms with Gasteiger partial charge in [-0.3, -0.25) is 29.4 Å². The van der Waals surface area contributed by atoms with Crippen molar-refractivity contribution in [2.45, 2.75) is 12.3 Å². The minimum Gasteiger partial charge on any atom is -0.297 e. The molecule has 0 N–H and O–H groups in total. The first-order chi connectivity index (χ1) is 12.0. The van der Waals surface area contributed by atoms with Gasteiger partial charge < -0.3 is 0 Å². The van der Waals surface area contributed by atoms with Gasteiger partial charge in [-0.05, 0) is 17.7 Å². The smallest absolute Gasteiger partial charge is 0.269 e. The number of rotatable bonds is 3. The number of Topliss-reactive ketones (excluding diaryl/α,β-unsaturated/α-hetero) is 1. The first-order valence-electron chi connectivity index (χ1n) is 7.64. The maximum absolute atomic E-state index is 12.4. The summed E-state index contributed by atoms with van der Waals surface area (Å²) in [5.41, 5.74) is 0.799. The molecule has 0 aromatic heterocycles. The molecule has 0 saturated carbocycles. The fourth-order valence-corrected chi connectivity index (χ4v) is 2.81. The molecule has 1 heterocycles. The van der Waals surface area contributed by atoms with Crippen LogP contribution in [0.4, 0.5) is 5.69 Å². The van der Waals surface area contributed by atoms with Crippen LogP contribution in [0.2, 0.25) is 0 Å². The molecule has 1 atom stereocenters. The molecule has 25 heavy (non-hydrogen) atoms. The van der Waals surface area contributed by atoms with Crippen LogP contribution in [-0.2, 0) is 9.59 Å². The third-order valence-electron chi connectivity index (χ3n) is 4.15. The second-order valence-electron chi connectivity index (χ2n) is 5.72. The van der Waals surface area contributed by atoms with Crippen LogP contribution in [0.15, 0.2) is 54.6 Å². The number of likely N-dealkylation sites (tertiary alicyclic amines) is 1. The summed E-state index contributed by atoms with van der Waals surface area (Å²) in [6.45, 7) is -0.297. The topological polar surface area (TPSA) is 97.6 Å². The van der Waals surface area contributed by atoms with Crippen LogP contribution < -0.4 is 0 Å². The molecule has 2 aromatic carbocycles. The van der Waals surface area contributed by atoms with Gasteiger partial charge in [0.2, 0.25) is 5.91 Å². The quantitative estimate of drug-likeness (QED) is 0.486. The molecule has 1 aliphatic rings. The normalized spacial score (nSPS) is 17.4. The zero-order chi connectivity index (χ0) is 18.0. The Morgan fingerprint density at radius 2 is 1.68 bits per heavy atom. The first-order valence-corrected chi connectivity index (χ1v) is 7.64. The van der Waals surface area contributed by atoms with Crippen LogP contribution in [0.5, 0.6) is 0 Å². The van der Waals surface area contributed by atoms with Crippen LogP contribution in [-0.4, -0.2) is 34.0 Å². The molecule has 126 valence electrons. The Balaban J connectivity index is 1.78. The number of hydrogen-bond acceptors (Lipinski definition) is 5. The highest BCUT2D eigenvalue weighted by Crippen LogP contribution is 2.28. The summed E-state index contributed by atoms with van der Waals surface area (Å²) in [5, 5.41) is 10.7. The molecule has 0 aliphatic carbocycles. The van der Waals surface area contributed by atoms with Gasteiger partial charge in [0.25, 0.3) is 11.6 Å². The molecule has 0 unspecified atom stereocenters. The fourth-order valence-electron chi connectivity index (χ4n) is 2.81. The summed E-state index contributed by atoms with van der Waals surface area (Å²) in [6, 6.07) is 13.8. The number of benzene rings is 2. The summed E-state index contributed by atoms with van der Waals surface area (Å²) < 4.78 is 0. The first kappa shape index (κ1) is 16.5. The lowest BCUT2D eigenvalue weighted by atomic mass is 9.87. The molecule has 0 bridgehead atoms. The zero-order valence-electron chi connectivity index (χ0n) is 13.1. The summed E-state index contributed by atoms with van der Waals surface area (Å²) in [5.74, 6) is -1.89. The maximum Gasteiger partial charge on any atom is 0.269 e. The summed E-state index contributed by atoms with van der Waals surface area (Å²) in [7, 11) is 0. The average molecular weight is 338 g/mol. The lowest BCUT2D eigenvalue weighted by Crippen LogP contribution is -2.47. The number of non-ortho nitro benzene ring substituents is 1. The maximum atomic E-state index is 12.4. The average Bonchev–Trinajstić information content (AvgIpc) is 2.63. The Hall–Kier alpha value is -3.35. The van der Waals surface area contributed by atoms with E-state index in [1.807, 2.05) is 0 Å². The Kier molecular flexibility index (Phi) is 4.38. The van der Waals surface area contributed by atoms with E-state index in [4.69, 9.17) is 0 Å². The molecular formula is C18H14N2O5. The van der Waals surface area contributed by atoms with E-state index in [-0.39, 0.29) is 24.4 Å². The Morgan fingerprint density at radius 3 is 2.28 bits per heavy atom. The summed E-state index contributed by atoms with van der Waals surface area (Å²) in [4.78, 5) is 48.3. The number of imide groups is 1. The van der Waals surface area contributed by atoms with Gasteiger partial charge in [0.1, 0.15) is 0 Å². The van der Waals surface area contributed by atoms with E-state index in [0.29, 0.717) is 11.1 Å². The largest absolute Gasteiger partial charge is 0.297 e. The molecule has 2 aromatic rings. The highest BCUT2D eigenvalue weighted by molar-refractivity contribution is 6.10. The van der Waals surface area contributed by atoms with Crippen molar-refractivity contribution in [3.8, 4) is 0 Å². The van der Waals surface area contributed by atoms with E-state index in [9.17, 15) is 24.5 Å². The fraction of sp³-hybridized carbons (Fsp3) is 0.167. The van der Waals surface area contributed by atoms with Gasteiger partial charge in [0, 0.05) is 24.1 Å². The number of nitro benzene ring substituents is 1. The predicted octanol–water partition coefficient (Wildman–Crippen LogP) is 2.32. The number of carbonyl (C=O) groups excluding carboxylic acids is 3. The van der Waals surface area contributed by atoms with Gasteiger partial charge in [0.05, 0.1) is 17.4 Å². The van der Waals surface area contributed by atoms with Crippen LogP contribution in [0.25, 0.3) is 0 Å². The second-order valence-corrected chi connectivity index (χ2v) is 5.72. The minimum atomic E-state index is -0.687. The van der Waals surface area contributed by atoms with E-state index < -0.39 is 22.7 Å². The molecule has 7 heteroatoms. The van der Waals surface area contributed by atoms with Crippen molar-refractivity contribution in [2.24, 2.45) is 0 Å². The molecule has 1 fully saturated rings. The highest BCUT2D eigenvalue weighted by atomic mass is 16.6. The van der Waals surface area contributed by atoms with Crippen LogP contribution >= 0.6 is 0 Å². The van der Waals surface area contributed by atoms with Gasteiger partial charge in [-0.1, -0.05) is 30.3 Å². The number of amides is 2. The van der Waals surface area contributed by atoms with E-state index >= 15 is 0 Å². The molecule has 2 amide bonds. The molecule has 3 rings (SSSR count). The Morgan fingerprint density at radius 1 is 1.04 bits per heavy atom. The van der Waals surface area contributed by atoms with Crippen molar-refractivity contribution in [1.82, 2.24) is 4.90 Å². The molecule has 7 nitrogen and oxygen atoms in total. The zero-order valence-corrected chi connectivity index (χ0v) is 13.1. The van der Waals surface area contributed by atoms with Crippen molar-refractivity contribution >= 4 is 23.3 Å². The van der Waals surface area contributed by atoms with Crippen LogP contribution in [0.1, 0.15) is 28.3 Å². The Bertz CT molecular complexity index is 846. The van der Waals surface area contributed by atoms with Crippen molar-refractivity contribution in [1.29, 1.82) is 0 Å². The monoisotopic (exact) mass is 338 g/mol. The van der Waals surface area contributed by atoms with Crippen LogP contribution in [0, 0.1) is 10.1 Å². The molecule has 0 spiro atoms. The lowest BCUT2D eigenvalue weighted by Gasteiger charge is -2.29. The minimum absolute atomic E-state index is 0.0841.